The van der Waals surface area contributed by atoms with Crippen molar-refractivity contribution >= 4 is 13.5 Å². The number of hydrogen-bond donors (Lipinski definition) is 3. The maximum absolute atomic E-state index is 10.8. The van der Waals surface area contributed by atoms with E-state index in [2.05, 4.69) is 4.62 Å². The molecule has 0 aliphatic rings. The number of rotatable bonds is 4. The van der Waals surface area contributed by atoms with Gasteiger partial charge in [-0.05, 0) is 6.92 Å². The maximum atomic E-state index is 10.8. The number of carbonyl (C=O) groups is 1. The molecule has 0 saturated heterocycles. The molecular weight excluding hydrogens is 183 g/mol. The first kappa shape index (κ1) is 11.6. The van der Waals surface area contributed by atoms with E-state index in [9.17, 15) is 9.36 Å². The van der Waals surface area contributed by atoms with Gasteiger partial charge in [0, 0.05) is 6.16 Å². The van der Waals surface area contributed by atoms with Crippen LogP contribution in [-0.2, 0) is 14.0 Å². The van der Waals surface area contributed by atoms with E-state index in [-0.39, 0.29) is 6.16 Å². The zero-order chi connectivity index (χ0) is 9.78. The van der Waals surface area contributed by atoms with Gasteiger partial charge in [-0.1, -0.05) is 6.92 Å². The summed E-state index contributed by atoms with van der Waals surface area (Å²) in [7, 11) is -3.65. The van der Waals surface area contributed by atoms with Crippen molar-refractivity contribution in [3.63, 3.8) is 0 Å². The third-order valence-corrected chi connectivity index (χ3v) is 2.28. The summed E-state index contributed by atoms with van der Waals surface area (Å²) < 4.78 is 15.0. The number of hydrogen-bond acceptors (Lipinski definition) is 4. The van der Waals surface area contributed by atoms with Crippen LogP contribution in [0.5, 0.6) is 0 Å². The van der Waals surface area contributed by atoms with E-state index < -0.39 is 19.5 Å². The second-order valence-corrected chi connectivity index (χ2v) is 4.39. The lowest BCUT2D eigenvalue weighted by molar-refractivity contribution is -0.128. The van der Waals surface area contributed by atoms with Crippen molar-refractivity contribution in [1.82, 2.24) is 5.48 Å². The van der Waals surface area contributed by atoms with Gasteiger partial charge in [-0.3, -0.25) is 9.36 Å². The van der Waals surface area contributed by atoms with E-state index in [1.807, 2.05) is 0 Å². The van der Waals surface area contributed by atoms with E-state index >= 15 is 0 Å². The first-order valence-electron chi connectivity index (χ1n) is 3.45. The lowest BCUT2D eigenvalue weighted by atomic mass is 10.4. The molecule has 0 aromatic carbocycles. The van der Waals surface area contributed by atoms with Gasteiger partial charge in [0.1, 0.15) is 0 Å². The molecule has 0 aromatic rings. The van der Waals surface area contributed by atoms with E-state index in [0.29, 0.717) is 0 Å². The second kappa shape index (κ2) is 4.57. The van der Waals surface area contributed by atoms with E-state index in [0.717, 1.165) is 0 Å². The van der Waals surface area contributed by atoms with Gasteiger partial charge in [-0.15, -0.1) is 0 Å². The Labute approximate surface area is 70.6 Å². The highest BCUT2D eigenvalue weighted by Gasteiger charge is 2.18. The summed E-state index contributed by atoms with van der Waals surface area (Å²) in [6.45, 7) is 2.91. The first-order valence-corrected chi connectivity index (χ1v) is 5.21. The van der Waals surface area contributed by atoms with Crippen LogP contribution in [0.25, 0.3) is 0 Å². The normalized spacial score (nSPS) is 18.0. The summed E-state index contributed by atoms with van der Waals surface area (Å²) in [6.07, 6.45) is -0.0633. The SMILES string of the molecule is CCP(=O)(O)ONC(=O)[C@H](C)N. The zero-order valence-electron chi connectivity index (χ0n) is 6.98. The molecule has 1 unspecified atom stereocenters. The van der Waals surface area contributed by atoms with Gasteiger partial charge in [0.25, 0.3) is 5.91 Å². The highest BCUT2D eigenvalue weighted by Crippen LogP contribution is 2.39. The maximum Gasteiger partial charge on any atom is 0.348 e. The number of amides is 1. The number of nitrogens with two attached hydrogens (primary N) is 1. The van der Waals surface area contributed by atoms with Crippen molar-refractivity contribution in [2.75, 3.05) is 6.16 Å². The van der Waals surface area contributed by atoms with Crippen LogP contribution < -0.4 is 11.2 Å². The van der Waals surface area contributed by atoms with E-state index in [1.54, 1.807) is 5.48 Å². The van der Waals surface area contributed by atoms with Gasteiger partial charge >= 0.3 is 7.60 Å². The van der Waals surface area contributed by atoms with Gasteiger partial charge in [-0.2, -0.15) is 4.62 Å². The summed E-state index contributed by atoms with van der Waals surface area (Å²) in [6, 6.07) is -0.762. The predicted octanol–water partition coefficient (Wildman–Crippen LogP) is -0.413. The van der Waals surface area contributed by atoms with Crippen LogP contribution in [-0.4, -0.2) is 23.0 Å². The lowest BCUT2D eigenvalue weighted by Gasteiger charge is -2.11. The van der Waals surface area contributed by atoms with E-state index in [4.69, 9.17) is 10.6 Å². The molecular formula is C5H13N2O4P. The number of nitrogens with one attached hydrogen (secondary N) is 1. The molecule has 12 heavy (non-hydrogen) atoms. The van der Waals surface area contributed by atoms with Crippen molar-refractivity contribution in [3.05, 3.63) is 0 Å². The molecule has 0 radical (unpaired) electrons. The highest BCUT2D eigenvalue weighted by atomic mass is 31.2. The standard InChI is InChI=1S/C5H13N2O4P/c1-3-12(9,10)11-7-5(8)4(2)6/h4H,3,6H2,1-2H3,(H,7,8)(H,9,10)/t4-/m0/s1. The van der Waals surface area contributed by atoms with Crippen molar-refractivity contribution in [3.8, 4) is 0 Å². The number of hydroxylamine groups is 1. The molecule has 0 heterocycles. The fourth-order valence-electron chi connectivity index (χ4n) is 0.274. The topological polar surface area (TPSA) is 102 Å². The lowest BCUT2D eigenvalue weighted by Crippen LogP contribution is -2.37. The van der Waals surface area contributed by atoms with Gasteiger partial charge in [0.2, 0.25) is 0 Å². The average Bonchev–Trinajstić information content (AvgIpc) is 2.00. The Balaban J connectivity index is 3.84. The monoisotopic (exact) mass is 196 g/mol. The zero-order valence-corrected chi connectivity index (χ0v) is 7.88. The Morgan fingerprint density at radius 2 is 2.33 bits per heavy atom. The smallest absolute Gasteiger partial charge is 0.323 e. The Kier molecular flexibility index (Phi) is 4.41. The highest BCUT2D eigenvalue weighted by molar-refractivity contribution is 7.52. The minimum absolute atomic E-state index is 0.0633. The molecule has 7 heteroatoms. The Morgan fingerprint density at radius 1 is 1.83 bits per heavy atom. The molecule has 0 bridgehead atoms. The fourth-order valence-corrected chi connectivity index (χ4v) is 0.636. The Morgan fingerprint density at radius 3 is 2.67 bits per heavy atom. The summed E-state index contributed by atoms with van der Waals surface area (Å²) >= 11 is 0. The second-order valence-electron chi connectivity index (χ2n) is 2.30. The molecule has 4 N–H and O–H groups in total. The molecule has 0 aliphatic carbocycles. The number of carbonyl (C=O) groups excluding carboxylic acids is 1. The van der Waals surface area contributed by atoms with Gasteiger partial charge in [0.05, 0.1) is 6.04 Å². The van der Waals surface area contributed by atoms with Crippen LogP contribution in [0.4, 0.5) is 0 Å². The molecule has 0 spiro atoms. The Bertz CT molecular complexity index is 206. The molecule has 6 nitrogen and oxygen atoms in total. The van der Waals surface area contributed by atoms with Crippen molar-refractivity contribution in [2.24, 2.45) is 5.73 Å². The fraction of sp³-hybridized carbons (Fsp3) is 0.800. The van der Waals surface area contributed by atoms with Gasteiger partial charge in [-0.25, -0.2) is 5.48 Å². The first-order chi connectivity index (χ1) is 5.39. The Hall–Kier alpha value is -0.420. The van der Waals surface area contributed by atoms with Gasteiger partial charge < -0.3 is 10.6 Å². The molecule has 0 rings (SSSR count). The average molecular weight is 196 g/mol. The molecule has 72 valence electrons. The third-order valence-electron chi connectivity index (χ3n) is 1.10. The largest absolute Gasteiger partial charge is 0.348 e. The summed E-state index contributed by atoms with van der Waals surface area (Å²) in [5.41, 5.74) is 6.94. The van der Waals surface area contributed by atoms with Crippen LogP contribution in [0, 0.1) is 0 Å². The van der Waals surface area contributed by atoms with Crippen LogP contribution in [0.1, 0.15) is 13.8 Å². The van der Waals surface area contributed by atoms with Crippen molar-refractivity contribution in [1.29, 1.82) is 0 Å². The van der Waals surface area contributed by atoms with Crippen molar-refractivity contribution in [2.45, 2.75) is 19.9 Å². The molecule has 0 aliphatic heterocycles. The van der Waals surface area contributed by atoms with Crippen LogP contribution in [0.3, 0.4) is 0 Å². The molecule has 1 amide bonds. The summed E-state index contributed by atoms with van der Waals surface area (Å²) in [5, 5.41) is 0. The van der Waals surface area contributed by atoms with Crippen molar-refractivity contribution < 1.29 is 18.9 Å². The van der Waals surface area contributed by atoms with E-state index in [1.165, 1.54) is 13.8 Å². The predicted molar refractivity (Wildman–Crippen MR) is 43.2 cm³/mol. The third kappa shape index (κ3) is 4.46. The molecule has 0 fully saturated rings. The summed E-state index contributed by atoms with van der Waals surface area (Å²) in [5.74, 6) is -0.627. The van der Waals surface area contributed by atoms with Gasteiger partial charge in [0.15, 0.2) is 0 Å². The summed E-state index contributed by atoms with van der Waals surface area (Å²) in [4.78, 5) is 19.5. The minimum atomic E-state index is -3.65. The quantitative estimate of drug-likeness (QED) is 0.419. The minimum Gasteiger partial charge on any atom is -0.323 e. The molecule has 0 aromatic heterocycles. The van der Waals surface area contributed by atoms with Crippen LogP contribution >= 0.6 is 7.60 Å². The molecule has 0 saturated carbocycles. The molecule has 2 atom stereocenters. The van der Waals surface area contributed by atoms with Crippen LogP contribution in [0.15, 0.2) is 0 Å². The van der Waals surface area contributed by atoms with Crippen LogP contribution in [0.2, 0.25) is 0 Å².